The molecule has 0 aromatic carbocycles. The maximum atomic E-state index is 8.91. The second kappa shape index (κ2) is 31.4. The fourth-order valence-electron chi connectivity index (χ4n) is 6.28. The number of aliphatic hydroxyl groups is 1. The molecule has 0 fully saturated rings. The van der Waals surface area contributed by atoms with Gasteiger partial charge in [0.1, 0.15) is 0 Å². The average molecular weight is 660 g/mol. The second-order valence-corrected chi connectivity index (χ2v) is 16.8. The van der Waals surface area contributed by atoms with Crippen LogP contribution < -0.4 is 0 Å². The van der Waals surface area contributed by atoms with E-state index in [1.807, 2.05) is 0 Å². The normalized spacial score (nSPS) is 16.1. The van der Waals surface area contributed by atoms with Gasteiger partial charge in [0, 0.05) is 11.9 Å². The van der Waals surface area contributed by atoms with Crippen molar-refractivity contribution in [1.29, 1.82) is 0 Å². The van der Waals surface area contributed by atoms with E-state index in [1.54, 1.807) is 0 Å². The first-order valence-corrected chi connectivity index (χ1v) is 20.2. The molecule has 0 aliphatic heterocycles. The van der Waals surface area contributed by atoms with Crippen LogP contribution in [-0.4, -0.2) is 17.0 Å². The summed E-state index contributed by atoms with van der Waals surface area (Å²) >= 11 is 3.54. The second-order valence-electron chi connectivity index (χ2n) is 16.0. The largest absolute Gasteiger partial charge is 0.396 e. The third-order valence-corrected chi connectivity index (χ3v) is 10.2. The Hall–Kier alpha value is 0.440. The van der Waals surface area contributed by atoms with Gasteiger partial charge in [0.15, 0.2) is 0 Å². The van der Waals surface area contributed by atoms with E-state index >= 15 is 0 Å². The third kappa shape index (κ3) is 34.9. The summed E-state index contributed by atoms with van der Waals surface area (Å²) in [6, 6.07) is 0. The van der Waals surface area contributed by atoms with Crippen molar-refractivity contribution < 1.29 is 5.11 Å². The van der Waals surface area contributed by atoms with Crippen molar-refractivity contribution in [2.75, 3.05) is 11.9 Å². The lowest BCUT2D eigenvalue weighted by molar-refractivity contribution is 0.255. The molecule has 0 rings (SSSR count). The monoisotopic (exact) mass is 659 g/mol. The highest BCUT2D eigenvalue weighted by molar-refractivity contribution is 9.09. The van der Waals surface area contributed by atoms with Crippen molar-refractivity contribution in [2.24, 2.45) is 47.3 Å². The van der Waals surface area contributed by atoms with Crippen LogP contribution in [0.3, 0.4) is 0 Å². The molecule has 0 aliphatic rings. The van der Waals surface area contributed by atoms with Crippen molar-refractivity contribution in [2.45, 2.75) is 198 Å². The van der Waals surface area contributed by atoms with E-state index in [2.05, 4.69) is 85.2 Å². The Kier molecular flexibility index (Phi) is 33.3. The standard InChI is InChI=1S/C20H41Br.C20H42O/c2*1-17(2)9-6-10-18(3)11-7-12-19(4)13-8-14-20(5)15-16-21/h17-20H,6-16H2,1-5H3;17-21H,6-16H2,1-5H3. The SMILES string of the molecule is CC(C)CCCC(C)CCCC(C)CCCC(C)CCBr.CC(C)CCCC(C)CCCC(C)CCCC(C)CCO. The first-order valence-electron chi connectivity index (χ1n) is 19.1. The van der Waals surface area contributed by atoms with Crippen molar-refractivity contribution in [1.82, 2.24) is 0 Å². The zero-order valence-corrected chi connectivity index (χ0v) is 32.6. The van der Waals surface area contributed by atoms with Crippen LogP contribution in [0.1, 0.15) is 198 Å². The highest BCUT2D eigenvalue weighted by Gasteiger charge is 2.09. The molecule has 0 aromatic heterocycles. The van der Waals surface area contributed by atoms with Crippen molar-refractivity contribution in [3.63, 3.8) is 0 Å². The van der Waals surface area contributed by atoms with E-state index in [1.165, 1.54) is 127 Å². The topological polar surface area (TPSA) is 20.2 Å². The minimum absolute atomic E-state index is 0.353. The number of hydrogen-bond donors (Lipinski definition) is 1. The van der Waals surface area contributed by atoms with Crippen LogP contribution in [0.2, 0.25) is 0 Å². The van der Waals surface area contributed by atoms with Gasteiger partial charge in [-0.3, -0.25) is 0 Å². The highest BCUT2D eigenvalue weighted by Crippen LogP contribution is 2.24. The van der Waals surface area contributed by atoms with Gasteiger partial charge < -0.3 is 5.11 Å². The molecule has 0 saturated heterocycles. The summed E-state index contributed by atoms with van der Waals surface area (Å²) in [4.78, 5) is 0. The van der Waals surface area contributed by atoms with Gasteiger partial charge in [0.05, 0.1) is 0 Å². The average Bonchev–Trinajstić information content (AvgIpc) is 2.89. The van der Waals surface area contributed by atoms with Crippen molar-refractivity contribution in [3.8, 4) is 0 Å². The number of rotatable bonds is 28. The summed E-state index contributed by atoms with van der Waals surface area (Å²) in [7, 11) is 0. The van der Waals surface area contributed by atoms with Crippen LogP contribution in [-0.2, 0) is 0 Å². The van der Waals surface area contributed by atoms with Crippen LogP contribution in [0.4, 0.5) is 0 Å². The predicted molar refractivity (Wildman–Crippen MR) is 198 cm³/mol. The molecule has 0 aliphatic carbocycles. The molecule has 0 spiro atoms. The van der Waals surface area contributed by atoms with Crippen molar-refractivity contribution >= 4 is 15.9 Å². The Bertz CT molecular complexity index is 472. The van der Waals surface area contributed by atoms with Gasteiger partial charge in [0.2, 0.25) is 0 Å². The highest BCUT2D eigenvalue weighted by atomic mass is 79.9. The summed E-state index contributed by atoms with van der Waals surface area (Å²) in [5.74, 6) is 7.02. The van der Waals surface area contributed by atoms with Gasteiger partial charge >= 0.3 is 0 Å². The summed E-state index contributed by atoms with van der Waals surface area (Å²) in [5.41, 5.74) is 0. The van der Waals surface area contributed by atoms with E-state index in [9.17, 15) is 0 Å². The summed E-state index contributed by atoms with van der Waals surface area (Å²) in [6.07, 6.45) is 27.7. The molecule has 2 heteroatoms. The van der Waals surface area contributed by atoms with E-state index < -0.39 is 0 Å². The smallest absolute Gasteiger partial charge is 0.0433 e. The minimum Gasteiger partial charge on any atom is -0.396 e. The first-order chi connectivity index (χ1) is 19.9. The van der Waals surface area contributed by atoms with Crippen LogP contribution in [0.5, 0.6) is 0 Å². The summed E-state index contributed by atoms with van der Waals surface area (Å²) in [5, 5.41) is 10.1. The van der Waals surface area contributed by atoms with Gasteiger partial charge in [-0.1, -0.05) is 201 Å². The number of aliphatic hydroxyl groups excluding tert-OH is 1. The molecule has 0 heterocycles. The van der Waals surface area contributed by atoms with Gasteiger partial charge in [-0.2, -0.15) is 0 Å². The molecule has 0 saturated carbocycles. The molecule has 0 amide bonds. The van der Waals surface area contributed by atoms with Crippen LogP contribution in [0.25, 0.3) is 0 Å². The third-order valence-electron chi connectivity index (χ3n) is 9.76. The summed E-state index contributed by atoms with van der Waals surface area (Å²) in [6.45, 7) is 24.1. The number of halogens is 1. The fraction of sp³-hybridized carbons (Fsp3) is 1.00. The number of alkyl halides is 1. The first kappa shape index (κ1) is 44.6. The molecule has 42 heavy (non-hydrogen) atoms. The Morgan fingerprint density at radius 3 is 0.762 bits per heavy atom. The molecule has 0 bridgehead atoms. The Morgan fingerprint density at radius 1 is 0.333 bits per heavy atom. The molecule has 0 radical (unpaired) electrons. The molecule has 6 unspecified atom stereocenters. The molecule has 1 nitrogen and oxygen atoms in total. The van der Waals surface area contributed by atoms with Crippen LogP contribution >= 0.6 is 15.9 Å². The minimum atomic E-state index is 0.353. The summed E-state index contributed by atoms with van der Waals surface area (Å²) < 4.78 is 0. The lowest BCUT2D eigenvalue weighted by atomic mass is 9.91. The molecule has 1 N–H and O–H groups in total. The van der Waals surface area contributed by atoms with Crippen LogP contribution in [0.15, 0.2) is 0 Å². The quantitative estimate of drug-likeness (QED) is 0.0829. The molecular weight excluding hydrogens is 576 g/mol. The lowest BCUT2D eigenvalue weighted by Crippen LogP contribution is -2.02. The fourth-order valence-corrected chi connectivity index (χ4v) is 7.06. The maximum Gasteiger partial charge on any atom is 0.0433 e. The van der Waals surface area contributed by atoms with Gasteiger partial charge in [0.25, 0.3) is 0 Å². The van der Waals surface area contributed by atoms with Gasteiger partial charge in [-0.15, -0.1) is 0 Å². The molecular formula is C40H83BrO. The van der Waals surface area contributed by atoms with E-state index in [0.29, 0.717) is 12.5 Å². The zero-order valence-electron chi connectivity index (χ0n) is 31.0. The van der Waals surface area contributed by atoms with Gasteiger partial charge in [-0.25, -0.2) is 0 Å². The maximum absolute atomic E-state index is 8.91. The van der Waals surface area contributed by atoms with E-state index in [4.69, 9.17) is 5.11 Å². The lowest BCUT2D eigenvalue weighted by Gasteiger charge is -2.16. The van der Waals surface area contributed by atoms with E-state index in [-0.39, 0.29) is 0 Å². The van der Waals surface area contributed by atoms with Crippen LogP contribution in [0, 0.1) is 47.3 Å². The molecule has 6 atom stereocenters. The Labute approximate surface area is 277 Å². The Morgan fingerprint density at radius 2 is 0.548 bits per heavy atom. The molecule has 0 aromatic rings. The molecule has 256 valence electrons. The van der Waals surface area contributed by atoms with E-state index in [0.717, 1.165) is 47.8 Å². The zero-order chi connectivity index (χ0) is 32.2. The predicted octanol–water partition coefficient (Wildman–Crippen LogP) is 14.3. The number of hydrogen-bond acceptors (Lipinski definition) is 1. The Balaban J connectivity index is 0. The van der Waals surface area contributed by atoms with Gasteiger partial charge in [-0.05, 0) is 60.2 Å². The van der Waals surface area contributed by atoms with Crippen molar-refractivity contribution in [3.05, 3.63) is 0 Å².